The summed E-state index contributed by atoms with van der Waals surface area (Å²) in [5.41, 5.74) is 4.39. The molecule has 0 bridgehead atoms. The van der Waals surface area contributed by atoms with Crippen LogP contribution in [0.4, 0.5) is 0 Å². The van der Waals surface area contributed by atoms with Gasteiger partial charge in [-0.25, -0.2) is 0 Å². The number of carbonyl (C=O) groups is 1. The summed E-state index contributed by atoms with van der Waals surface area (Å²) in [5.74, 6) is -1.11. The van der Waals surface area contributed by atoms with Gasteiger partial charge in [0, 0.05) is 12.6 Å². The Bertz CT molecular complexity index is 264. The van der Waals surface area contributed by atoms with Crippen LogP contribution in [-0.4, -0.2) is 58.1 Å². The Morgan fingerprint density at radius 1 is 1.35 bits per heavy atom. The van der Waals surface area contributed by atoms with Gasteiger partial charge in [-0.15, -0.1) is 24.8 Å². The summed E-state index contributed by atoms with van der Waals surface area (Å²) < 4.78 is 0. The Morgan fingerprint density at radius 2 is 1.90 bits per heavy atom. The number of hydrogen-bond acceptors (Lipinski definition) is 6. The highest BCUT2D eigenvalue weighted by Gasteiger charge is 2.33. The van der Waals surface area contributed by atoms with Gasteiger partial charge in [-0.1, -0.05) is 12.8 Å². The van der Waals surface area contributed by atoms with E-state index in [4.69, 9.17) is 26.0 Å². The van der Waals surface area contributed by atoms with Gasteiger partial charge in [0.25, 0.3) is 0 Å². The largest absolute Gasteiger partial charge is 0.480 e. The molecule has 0 aromatic rings. The van der Waals surface area contributed by atoms with Crippen molar-refractivity contribution in [1.82, 2.24) is 5.32 Å². The van der Waals surface area contributed by atoms with Gasteiger partial charge in [-0.2, -0.15) is 0 Å². The Labute approximate surface area is 131 Å². The first-order chi connectivity index (χ1) is 8.31. The zero-order valence-corrected chi connectivity index (χ0v) is 13.1. The maximum atomic E-state index is 11.1. The molecular weight excluding hydrogens is 310 g/mol. The molecule has 0 spiro atoms. The maximum absolute atomic E-state index is 11.1. The third kappa shape index (κ3) is 10.7. The SMILES string of the molecule is CC(CO)NCC(N)(CCCCB(O)O)C(=O)O.Cl.Cl. The highest BCUT2D eigenvalue weighted by molar-refractivity contribution is 6.40. The van der Waals surface area contributed by atoms with Gasteiger partial charge in [0.2, 0.25) is 0 Å². The molecule has 0 aromatic carbocycles. The lowest BCUT2D eigenvalue weighted by Crippen LogP contribution is -2.56. The van der Waals surface area contributed by atoms with E-state index in [1.165, 1.54) is 0 Å². The van der Waals surface area contributed by atoms with Crippen LogP contribution in [-0.2, 0) is 4.79 Å². The molecule has 0 aliphatic rings. The topological polar surface area (TPSA) is 136 Å². The third-order valence-electron chi connectivity index (χ3n) is 2.80. The van der Waals surface area contributed by atoms with Crippen LogP contribution in [0.5, 0.6) is 0 Å². The molecule has 20 heavy (non-hydrogen) atoms. The smallest absolute Gasteiger partial charge is 0.451 e. The molecule has 2 atom stereocenters. The number of hydrogen-bond donors (Lipinski definition) is 6. The van der Waals surface area contributed by atoms with Crippen molar-refractivity contribution in [3.8, 4) is 0 Å². The molecule has 0 saturated heterocycles. The van der Waals surface area contributed by atoms with Crippen molar-refractivity contribution < 1.29 is 25.1 Å². The Hall–Kier alpha value is -0.0851. The van der Waals surface area contributed by atoms with E-state index in [2.05, 4.69) is 5.32 Å². The zero-order valence-electron chi connectivity index (χ0n) is 11.5. The molecular formula is C10H25BCl2N2O5. The second-order valence-corrected chi connectivity index (χ2v) is 4.65. The summed E-state index contributed by atoms with van der Waals surface area (Å²) in [7, 11) is -1.37. The molecule has 7 N–H and O–H groups in total. The van der Waals surface area contributed by atoms with Crippen LogP contribution in [0.15, 0.2) is 0 Å². The minimum Gasteiger partial charge on any atom is -0.480 e. The van der Waals surface area contributed by atoms with Crippen LogP contribution in [0.1, 0.15) is 26.2 Å². The van der Waals surface area contributed by atoms with Gasteiger partial charge < -0.3 is 31.3 Å². The highest BCUT2D eigenvalue weighted by atomic mass is 35.5. The summed E-state index contributed by atoms with van der Waals surface area (Å²) in [6, 6.07) is -0.216. The maximum Gasteiger partial charge on any atom is 0.451 e. The van der Waals surface area contributed by atoms with Gasteiger partial charge in [0.05, 0.1) is 6.61 Å². The molecule has 0 aliphatic carbocycles. The fraction of sp³-hybridized carbons (Fsp3) is 0.900. The number of nitrogens with two attached hydrogens (primary N) is 1. The first kappa shape index (κ1) is 24.9. The first-order valence-electron chi connectivity index (χ1n) is 6.04. The van der Waals surface area contributed by atoms with E-state index < -0.39 is 18.6 Å². The number of carboxylic acid groups (broad SMARTS) is 1. The molecule has 0 rings (SSSR count). The van der Waals surface area contributed by atoms with Crippen molar-refractivity contribution in [1.29, 1.82) is 0 Å². The van der Waals surface area contributed by atoms with Crippen LogP contribution in [0.25, 0.3) is 0 Å². The Balaban J connectivity index is -0.00000144. The lowest BCUT2D eigenvalue weighted by molar-refractivity contribution is -0.143. The normalized spacial score (nSPS) is 14.4. The van der Waals surface area contributed by atoms with Crippen molar-refractivity contribution in [2.75, 3.05) is 13.2 Å². The number of aliphatic carboxylic acids is 1. The van der Waals surface area contributed by atoms with Gasteiger partial charge in [0.15, 0.2) is 0 Å². The summed E-state index contributed by atoms with van der Waals surface area (Å²) in [5, 5.41) is 38.1. The van der Waals surface area contributed by atoms with Crippen molar-refractivity contribution in [2.45, 2.75) is 44.1 Å². The molecule has 7 nitrogen and oxygen atoms in total. The van der Waals surface area contributed by atoms with Crippen molar-refractivity contribution in [3.05, 3.63) is 0 Å². The second-order valence-electron chi connectivity index (χ2n) is 4.65. The molecule has 0 saturated carbocycles. The predicted octanol–water partition coefficient (Wildman–Crippen LogP) is -0.774. The number of halogens is 2. The van der Waals surface area contributed by atoms with E-state index in [0.717, 1.165) is 0 Å². The molecule has 0 aromatic heterocycles. The Morgan fingerprint density at radius 3 is 2.30 bits per heavy atom. The van der Waals surface area contributed by atoms with E-state index >= 15 is 0 Å². The summed E-state index contributed by atoms with van der Waals surface area (Å²) in [6.07, 6.45) is 1.44. The number of nitrogens with one attached hydrogen (secondary N) is 1. The molecule has 0 heterocycles. The minimum atomic E-state index is -1.40. The Kier molecular flexibility index (Phi) is 15.7. The number of carboxylic acids is 1. The van der Waals surface area contributed by atoms with Crippen molar-refractivity contribution in [3.63, 3.8) is 0 Å². The average molecular weight is 335 g/mol. The second kappa shape index (κ2) is 12.6. The average Bonchev–Trinajstić information content (AvgIpc) is 2.31. The lowest BCUT2D eigenvalue weighted by Gasteiger charge is -2.26. The first-order valence-corrected chi connectivity index (χ1v) is 6.04. The fourth-order valence-corrected chi connectivity index (χ4v) is 1.46. The molecule has 0 radical (unpaired) electrons. The molecule has 2 unspecified atom stereocenters. The van der Waals surface area contributed by atoms with Gasteiger partial charge in [-0.05, 0) is 19.7 Å². The number of rotatable bonds is 10. The summed E-state index contributed by atoms with van der Waals surface area (Å²) >= 11 is 0. The number of unbranched alkanes of at least 4 members (excludes halogenated alkanes) is 1. The lowest BCUT2D eigenvalue weighted by atomic mass is 9.82. The van der Waals surface area contributed by atoms with E-state index in [0.29, 0.717) is 12.8 Å². The summed E-state index contributed by atoms with van der Waals surface area (Å²) in [4.78, 5) is 11.1. The number of aliphatic hydroxyl groups is 1. The standard InChI is InChI=1S/C10H23BN2O5.2ClH/c1-8(6-14)13-7-10(12,9(15)16)4-2-3-5-11(17)18;;/h8,13-14,17-18H,2-7,12H2,1H3,(H,15,16);2*1H. The van der Waals surface area contributed by atoms with E-state index in [9.17, 15) is 4.79 Å². The van der Waals surface area contributed by atoms with Crippen molar-refractivity contribution >= 4 is 37.9 Å². The molecule has 10 heteroatoms. The van der Waals surface area contributed by atoms with E-state index in [1.807, 2.05) is 0 Å². The van der Waals surface area contributed by atoms with Crippen LogP contribution >= 0.6 is 24.8 Å². The molecule has 0 amide bonds. The molecule has 122 valence electrons. The van der Waals surface area contributed by atoms with Crippen LogP contribution in [0.3, 0.4) is 0 Å². The van der Waals surface area contributed by atoms with Crippen molar-refractivity contribution in [2.24, 2.45) is 5.73 Å². The van der Waals surface area contributed by atoms with Crippen LogP contribution < -0.4 is 11.1 Å². The predicted molar refractivity (Wildman–Crippen MR) is 82.5 cm³/mol. The van der Waals surface area contributed by atoms with Gasteiger partial charge >= 0.3 is 13.1 Å². The van der Waals surface area contributed by atoms with E-state index in [1.54, 1.807) is 6.92 Å². The zero-order chi connectivity index (χ0) is 14.2. The number of aliphatic hydroxyl groups excluding tert-OH is 1. The van der Waals surface area contributed by atoms with Crippen LogP contribution in [0, 0.1) is 0 Å². The third-order valence-corrected chi connectivity index (χ3v) is 2.80. The fourth-order valence-electron chi connectivity index (χ4n) is 1.46. The monoisotopic (exact) mass is 334 g/mol. The van der Waals surface area contributed by atoms with Crippen LogP contribution in [0.2, 0.25) is 6.32 Å². The summed E-state index contributed by atoms with van der Waals surface area (Å²) in [6.45, 7) is 1.70. The minimum absolute atomic E-state index is 0. The molecule has 0 fully saturated rings. The van der Waals surface area contributed by atoms with E-state index in [-0.39, 0.29) is 56.7 Å². The van der Waals surface area contributed by atoms with Gasteiger partial charge in [-0.3, -0.25) is 4.79 Å². The quantitative estimate of drug-likeness (QED) is 0.228. The van der Waals surface area contributed by atoms with Gasteiger partial charge in [0.1, 0.15) is 5.54 Å². The highest BCUT2D eigenvalue weighted by Crippen LogP contribution is 2.13. The molecule has 0 aliphatic heterocycles.